The average molecular weight is 380 g/mol. The lowest BCUT2D eigenvalue weighted by molar-refractivity contribution is 0.108. The van der Waals surface area contributed by atoms with Gasteiger partial charge in [0.15, 0.2) is 0 Å². The summed E-state index contributed by atoms with van der Waals surface area (Å²) in [5.74, 6) is 1.48. The van der Waals surface area contributed by atoms with Crippen LogP contribution in [0.25, 0.3) is 11.4 Å². The van der Waals surface area contributed by atoms with Crippen molar-refractivity contribution < 1.29 is 4.74 Å². The van der Waals surface area contributed by atoms with Crippen LogP contribution in [0.1, 0.15) is 36.0 Å². The number of hydrogen-bond acceptors (Lipinski definition) is 6. The van der Waals surface area contributed by atoms with Crippen LogP contribution in [0, 0.1) is 0 Å². The molecule has 3 aromatic rings. The molecule has 1 saturated heterocycles. The zero-order valence-electron chi connectivity index (χ0n) is 16.1. The molecule has 0 radical (unpaired) electrons. The van der Waals surface area contributed by atoms with Crippen LogP contribution < -0.4 is 5.56 Å². The molecule has 1 unspecified atom stereocenters. The van der Waals surface area contributed by atoms with Crippen molar-refractivity contribution in [3.63, 3.8) is 0 Å². The maximum absolute atomic E-state index is 12.2. The molecular formula is C20H24N6O2. The minimum Gasteiger partial charge on any atom is -0.372 e. The summed E-state index contributed by atoms with van der Waals surface area (Å²) in [6, 6.07) is 9.55. The van der Waals surface area contributed by atoms with Crippen LogP contribution in [-0.4, -0.2) is 43.3 Å². The number of aromatic nitrogens is 5. The zero-order valence-corrected chi connectivity index (χ0v) is 16.1. The quantitative estimate of drug-likeness (QED) is 0.704. The number of aryl methyl sites for hydroxylation is 1. The number of aromatic amines is 1. The Morgan fingerprint density at radius 3 is 2.93 bits per heavy atom. The third kappa shape index (κ3) is 4.02. The third-order valence-electron chi connectivity index (χ3n) is 4.95. The summed E-state index contributed by atoms with van der Waals surface area (Å²) in [6.07, 6.45) is 3.50. The molecule has 146 valence electrons. The summed E-state index contributed by atoms with van der Waals surface area (Å²) in [6.45, 7) is 2.08. The normalized spacial score (nSPS) is 16.8. The van der Waals surface area contributed by atoms with Crippen LogP contribution in [0.2, 0.25) is 0 Å². The van der Waals surface area contributed by atoms with Crippen LogP contribution in [0.4, 0.5) is 0 Å². The van der Waals surface area contributed by atoms with E-state index in [1.54, 1.807) is 12.4 Å². The first kappa shape index (κ1) is 18.5. The molecule has 1 atom stereocenters. The van der Waals surface area contributed by atoms with E-state index in [9.17, 15) is 4.79 Å². The van der Waals surface area contributed by atoms with Gasteiger partial charge in [-0.25, -0.2) is 4.98 Å². The van der Waals surface area contributed by atoms with E-state index < -0.39 is 0 Å². The fourth-order valence-electron chi connectivity index (χ4n) is 3.51. The number of H-pyrrole nitrogens is 1. The molecule has 1 fully saturated rings. The zero-order chi connectivity index (χ0) is 19.5. The van der Waals surface area contributed by atoms with Crippen LogP contribution in [0.5, 0.6) is 0 Å². The number of benzene rings is 1. The smallest absolute Gasteiger partial charge is 0.251 e. The van der Waals surface area contributed by atoms with Gasteiger partial charge in [-0.05, 0) is 25.5 Å². The third-order valence-corrected chi connectivity index (χ3v) is 4.95. The van der Waals surface area contributed by atoms with E-state index in [2.05, 4.69) is 26.1 Å². The van der Waals surface area contributed by atoms with Gasteiger partial charge in [0.2, 0.25) is 0 Å². The summed E-state index contributed by atoms with van der Waals surface area (Å²) in [7, 11) is 3.97. The van der Waals surface area contributed by atoms with Gasteiger partial charge in [-0.15, -0.1) is 10.2 Å². The SMILES string of the molecule is CN(Cc1ccccc1-c1nc(C2CCCO2)cc(=O)[nH]1)Cc1nncn1C. The number of nitrogens with one attached hydrogen (secondary N) is 1. The molecule has 1 N–H and O–H groups in total. The van der Waals surface area contributed by atoms with Gasteiger partial charge in [0.25, 0.3) is 5.56 Å². The van der Waals surface area contributed by atoms with Gasteiger partial charge in [-0.1, -0.05) is 24.3 Å². The molecule has 0 aliphatic carbocycles. The molecule has 8 nitrogen and oxygen atoms in total. The highest BCUT2D eigenvalue weighted by atomic mass is 16.5. The predicted molar refractivity (Wildman–Crippen MR) is 104 cm³/mol. The molecule has 0 saturated carbocycles. The highest BCUT2D eigenvalue weighted by molar-refractivity contribution is 5.60. The number of hydrogen-bond donors (Lipinski definition) is 1. The van der Waals surface area contributed by atoms with Crippen LogP contribution in [-0.2, 0) is 24.9 Å². The van der Waals surface area contributed by atoms with Gasteiger partial charge in [-0.2, -0.15) is 0 Å². The van der Waals surface area contributed by atoms with E-state index >= 15 is 0 Å². The largest absolute Gasteiger partial charge is 0.372 e. The first-order valence-corrected chi connectivity index (χ1v) is 9.42. The Morgan fingerprint density at radius 2 is 2.18 bits per heavy atom. The molecule has 0 amide bonds. The molecule has 1 aliphatic heterocycles. The molecule has 0 bridgehead atoms. The van der Waals surface area contributed by atoms with E-state index in [1.807, 2.05) is 36.9 Å². The Labute approximate surface area is 163 Å². The lowest BCUT2D eigenvalue weighted by Gasteiger charge is -2.18. The van der Waals surface area contributed by atoms with Gasteiger partial charge in [0.1, 0.15) is 18.0 Å². The average Bonchev–Trinajstić information content (AvgIpc) is 3.34. The van der Waals surface area contributed by atoms with Crippen molar-refractivity contribution in [2.24, 2.45) is 7.05 Å². The molecule has 4 rings (SSSR count). The summed E-state index contributed by atoms with van der Waals surface area (Å²) in [4.78, 5) is 22.0. The van der Waals surface area contributed by atoms with E-state index in [1.165, 1.54) is 0 Å². The number of nitrogens with zero attached hydrogens (tertiary/aromatic N) is 5. The van der Waals surface area contributed by atoms with E-state index in [-0.39, 0.29) is 11.7 Å². The van der Waals surface area contributed by atoms with Crippen LogP contribution in [0.15, 0.2) is 41.5 Å². The number of ether oxygens (including phenoxy) is 1. The minimum absolute atomic E-state index is 0.0909. The van der Waals surface area contributed by atoms with Crippen molar-refractivity contribution in [3.8, 4) is 11.4 Å². The second-order valence-electron chi connectivity index (χ2n) is 7.21. The van der Waals surface area contributed by atoms with Crippen molar-refractivity contribution >= 4 is 0 Å². The van der Waals surface area contributed by atoms with E-state index in [0.717, 1.165) is 36.4 Å². The maximum Gasteiger partial charge on any atom is 0.251 e. The summed E-state index contributed by atoms with van der Waals surface area (Å²) < 4.78 is 7.62. The Kier molecular flexibility index (Phi) is 5.31. The fourth-order valence-corrected chi connectivity index (χ4v) is 3.51. The van der Waals surface area contributed by atoms with Crippen LogP contribution in [0.3, 0.4) is 0 Å². The van der Waals surface area contributed by atoms with Crippen molar-refractivity contribution in [3.05, 3.63) is 64.1 Å². The number of rotatable bonds is 6. The van der Waals surface area contributed by atoms with Gasteiger partial charge in [0.05, 0.1) is 18.3 Å². The Hall–Kier alpha value is -2.84. The molecule has 1 aliphatic rings. The molecule has 1 aromatic carbocycles. The first-order valence-electron chi connectivity index (χ1n) is 9.42. The maximum atomic E-state index is 12.2. The fraction of sp³-hybridized carbons (Fsp3) is 0.400. The summed E-state index contributed by atoms with van der Waals surface area (Å²) in [5, 5.41) is 8.07. The predicted octanol–water partition coefficient (Wildman–Crippen LogP) is 2.05. The lowest BCUT2D eigenvalue weighted by atomic mass is 10.1. The van der Waals surface area contributed by atoms with Crippen LogP contribution >= 0.6 is 0 Å². The second-order valence-corrected chi connectivity index (χ2v) is 7.21. The van der Waals surface area contributed by atoms with Crippen molar-refractivity contribution in [1.82, 2.24) is 29.6 Å². The first-order chi connectivity index (χ1) is 13.6. The van der Waals surface area contributed by atoms with Crippen molar-refractivity contribution in [2.45, 2.75) is 32.0 Å². The lowest BCUT2D eigenvalue weighted by Crippen LogP contribution is -2.20. The Balaban J connectivity index is 1.61. The van der Waals surface area contributed by atoms with Gasteiger partial charge < -0.3 is 14.3 Å². The highest BCUT2D eigenvalue weighted by Gasteiger charge is 2.21. The minimum atomic E-state index is -0.155. The standard InChI is InChI=1S/C20H24N6O2/c1-25(12-18-24-21-13-26(18)2)11-14-6-3-4-7-15(14)20-22-16(10-19(27)23-20)17-8-5-9-28-17/h3-4,6-7,10,13,17H,5,8-9,11-12H2,1-2H3,(H,22,23,27). The Bertz CT molecular complexity index is 1010. The molecule has 8 heteroatoms. The van der Waals surface area contributed by atoms with Crippen molar-refractivity contribution in [2.75, 3.05) is 13.7 Å². The molecule has 2 aromatic heterocycles. The monoisotopic (exact) mass is 380 g/mol. The van der Waals surface area contributed by atoms with Gasteiger partial charge >= 0.3 is 0 Å². The van der Waals surface area contributed by atoms with E-state index in [0.29, 0.717) is 24.6 Å². The molecular weight excluding hydrogens is 356 g/mol. The topological polar surface area (TPSA) is 88.9 Å². The molecule has 28 heavy (non-hydrogen) atoms. The Morgan fingerprint density at radius 1 is 1.32 bits per heavy atom. The highest BCUT2D eigenvalue weighted by Crippen LogP contribution is 2.28. The van der Waals surface area contributed by atoms with Gasteiger partial charge in [0, 0.05) is 31.8 Å². The molecule has 0 spiro atoms. The van der Waals surface area contributed by atoms with Crippen molar-refractivity contribution in [1.29, 1.82) is 0 Å². The van der Waals surface area contributed by atoms with Gasteiger partial charge in [-0.3, -0.25) is 9.69 Å². The van der Waals surface area contributed by atoms with E-state index in [4.69, 9.17) is 9.72 Å². The molecule has 3 heterocycles. The second kappa shape index (κ2) is 8.04. The summed E-state index contributed by atoms with van der Waals surface area (Å²) in [5.41, 5.74) is 2.56. The summed E-state index contributed by atoms with van der Waals surface area (Å²) >= 11 is 0.